The maximum Gasteiger partial charge on any atom is 0.0110 e. The molecular weight excluding hydrogens is 124 g/mol. The monoisotopic (exact) mass is 142 g/mol. The van der Waals surface area contributed by atoms with Gasteiger partial charge in [-0.2, -0.15) is 0 Å². The Morgan fingerprint density at radius 3 is 2.40 bits per heavy atom. The van der Waals surface area contributed by atoms with Crippen LogP contribution in [0.2, 0.25) is 0 Å². The molecule has 10 heavy (non-hydrogen) atoms. The first-order valence-corrected chi connectivity index (χ1v) is 4.12. The van der Waals surface area contributed by atoms with E-state index in [0.29, 0.717) is 5.41 Å². The van der Waals surface area contributed by atoms with E-state index in [0.717, 1.165) is 6.54 Å². The maximum atomic E-state index is 5.67. The van der Waals surface area contributed by atoms with Crippen molar-refractivity contribution in [3.05, 3.63) is 0 Å². The summed E-state index contributed by atoms with van der Waals surface area (Å²) in [6, 6.07) is 0. The normalized spacial score (nSPS) is 24.3. The Balaban J connectivity index is 2.29. The predicted octanol–water partition coefficient (Wildman–Crippen LogP) is 0.677. The van der Waals surface area contributed by atoms with Gasteiger partial charge in [0.1, 0.15) is 0 Å². The van der Waals surface area contributed by atoms with Gasteiger partial charge in [0.15, 0.2) is 0 Å². The van der Waals surface area contributed by atoms with E-state index < -0.39 is 0 Å². The van der Waals surface area contributed by atoms with Crippen LogP contribution in [0.3, 0.4) is 0 Å². The second-order valence-corrected chi connectivity index (χ2v) is 3.64. The summed E-state index contributed by atoms with van der Waals surface area (Å²) in [4.78, 5) is 2.44. The van der Waals surface area contributed by atoms with Crippen LogP contribution in [0.4, 0.5) is 0 Å². The van der Waals surface area contributed by atoms with Crippen LogP contribution in [0, 0.1) is 5.41 Å². The topological polar surface area (TPSA) is 29.0 Å². The number of nitrogens with two attached hydrogens (primary N) is 1. The highest BCUT2D eigenvalue weighted by Gasteiger charge is 2.28. The Labute approximate surface area is 63.4 Å². The van der Waals surface area contributed by atoms with E-state index in [4.69, 9.17) is 5.73 Å². The van der Waals surface area contributed by atoms with E-state index in [1.807, 2.05) is 0 Å². The van der Waals surface area contributed by atoms with Crippen molar-refractivity contribution in [2.24, 2.45) is 11.1 Å². The van der Waals surface area contributed by atoms with E-state index in [9.17, 15) is 0 Å². The van der Waals surface area contributed by atoms with Crippen LogP contribution in [0.5, 0.6) is 0 Å². The third-order valence-electron chi connectivity index (χ3n) is 2.49. The molecule has 1 unspecified atom stereocenters. The lowest BCUT2D eigenvalue weighted by Gasteiger charge is -2.26. The molecule has 2 heteroatoms. The molecule has 0 aliphatic carbocycles. The fourth-order valence-electron chi connectivity index (χ4n) is 1.09. The summed E-state index contributed by atoms with van der Waals surface area (Å²) >= 11 is 0. The van der Waals surface area contributed by atoms with Crippen molar-refractivity contribution in [2.75, 3.05) is 26.2 Å². The minimum Gasteiger partial charge on any atom is -0.330 e. The first-order chi connectivity index (χ1) is 4.70. The SMILES string of the molecule is CCC(C)(CN)CN1CC1. The highest BCUT2D eigenvalue weighted by molar-refractivity contribution is 4.83. The van der Waals surface area contributed by atoms with Gasteiger partial charge >= 0.3 is 0 Å². The molecule has 0 radical (unpaired) electrons. The average Bonchev–Trinajstić information content (AvgIpc) is 2.72. The molecule has 0 bridgehead atoms. The predicted molar refractivity (Wildman–Crippen MR) is 43.9 cm³/mol. The number of nitrogens with zero attached hydrogens (tertiary/aromatic N) is 1. The lowest BCUT2D eigenvalue weighted by atomic mass is 9.88. The first kappa shape index (κ1) is 8.02. The van der Waals surface area contributed by atoms with Crippen LogP contribution in [-0.4, -0.2) is 31.1 Å². The van der Waals surface area contributed by atoms with Gasteiger partial charge in [-0.25, -0.2) is 0 Å². The zero-order valence-corrected chi connectivity index (χ0v) is 7.06. The molecule has 2 N–H and O–H groups in total. The number of hydrogen-bond acceptors (Lipinski definition) is 2. The van der Waals surface area contributed by atoms with Gasteiger partial charge in [0, 0.05) is 19.6 Å². The van der Waals surface area contributed by atoms with Crippen LogP contribution >= 0.6 is 0 Å². The molecule has 60 valence electrons. The van der Waals surface area contributed by atoms with Crippen LogP contribution in [0.15, 0.2) is 0 Å². The van der Waals surface area contributed by atoms with Gasteiger partial charge in [-0.05, 0) is 18.4 Å². The largest absolute Gasteiger partial charge is 0.330 e. The fraction of sp³-hybridized carbons (Fsp3) is 1.00. The summed E-state index contributed by atoms with van der Waals surface area (Å²) in [6.45, 7) is 9.08. The van der Waals surface area contributed by atoms with Gasteiger partial charge in [-0.3, -0.25) is 0 Å². The quantitative estimate of drug-likeness (QED) is 0.585. The Kier molecular flexibility index (Phi) is 2.32. The van der Waals surface area contributed by atoms with Crippen molar-refractivity contribution in [3.63, 3.8) is 0 Å². The van der Waals surface area contributed by atoms with E-state index in [1.165, 1.54) is 26.1 Å². The third-order valence-corrected chi connectivity index (χ3v) is 2.49. The summed E-state index contributed by atoms with van der Waals surface area (Å²) in [5, 5.41) is 0. The Bertz CT molecular complexity index is 104. The Hall–Kier alpha value is -0.0800. The van der Waals surface area contributed by atoms with Crippen molar-refractivity contribution in [2.45, 2.75) is 20.3 Å². The van der Waals surface area contributed by atoms with Crippen molar-refractivity contribution in [3.8, 4) is 0 Å². The second-order valence-electron chi connectivity index (χ2n) is 3.64. The molecule has 2 nitrogen and oxygen atoms in total. The van der Waals surface area contributed by atoms with E-state index in [1.54, 1.807) is 0 Å². The number of rotatable bonds is 4. The van der Waals surface area contributed by atoms with Crippen molar-refractivity contribution in [1.82, 2.24) is 4.90 Å². The molecule has 0 aromatic rings. The molecular formula is C8H18N2. The van der Waals surface area contributed by atoms with Gasteiger partial charge in [-0.1, -0.05) is 13.8 Å². The molecule has 0 aromatic heterocycles. The standard InChI is InChI=1S/C8H18N2/c1-3-8(2,6-9)7-10-4-5-10/h3-7,9H2,1-2H3. The molecule has 1 aliphatic rings. The lowest BCUT2D eigenvalue weighted by molar-refractivity contribution is 0.262. The smallest absolute Gasteiger partial charge is 0.0110 e. The molecule has 1 aliphatic heterocycles. The average molecular weight is 142 g/mol. The molecule has 1 atom stereocenters. The van der Waals surface area contributed by atoms with E-state index in [2.05, 4.69) is 18.7 Å². The highest BCUT2D eigenvalue weighted by atomic mass is 15.3. The molecule has 0 spiro atoms. The Morgan fingerprint density at radius 2 is 2.10 bits per heavy atom. The van der Waals surface area contributed by atoms with Crippen LogP contribution < -0.4 is 5.73 Å². The summed E-state index contributed by atoms with van der Waals surface area (Å²) in [5.74, 6) is 0. The van der Waals surface area contributed by atoms with Gasteiger partial charge < -0.3 is 10.6 Å². The molecule has 0 aromatic carbocycles. The van der Waals surface area contributed by atoms with E-state index >= 15 is 0 Å². The molecule has 0 amide bonds. The van der Waals surface area contributed by atoms with Crippen LogP contribution in [0.25, 0.3) is 0 Å². The minimum atomic E-state index is 0.372. The molecule has 1 rings (SSSR count). The fourth-order valence-corrected chi connectivity index (χ4v) is 1.09. The number of hydrogen-bond donors (Lipinski definition) is 1. The lowest BCUT2D eigenvalue weighted by Crippen LogP contribution is -2.33. The third kappa shape index (κ3) is 1.96. The van der Waals surface area contributed by atoms with E-state index in [-0.39, 0.29) is 0 Å². The van der Waals surface area contributed by atoms with Crippen LogP contribution in [-0.2, 0) is 0 Å². The Morgan fingerprint density at radius 1 is 1.50 bits per heavy atom. The minimum absolute atomic E-state index is 0.372. The molecule has 0 saturated carbocycles. The van der Waals surface area contributed by atoms with Gasteiger partial charge in [0.25, 0.3) is 0 Å². The van der Waals surface area contributed by atoms with Gasteiger partial charge in [-0.15, -0.1) is 0 Å². The first-order valence-electron chi connectivity index (χ1n) is 4.12. The zero-order chi connectivity index (χ0) is 7.61. The highest BCUT2D eigenvalue weighted by Crippen LogP contribution is 2.23. The van der Waals surface area contributed by atoms with Crippen LogP contribution in [0.1, 0.15) is 20.3 Å². The van der Waals surface area contributed by atoms with Crippen molar-refractivity contribution < 1.29 is 0 Å². The van der Waals surface area contributed by atoms with Gasteiger partial charge in [0.2, 0.25) is 0 Å². The molecule has 1 heterocycles. The molecule has 1 fully saturated rings. The molecule has 1 saturated heterocycles. The zero-order valence-electron chi connectivity index (χ0n) is 7.06. The van der Waals surface area contributed by atoms with Crippen molar-refractivity contribution >= 4 is 0 Å². The summed E-state index contributed by atoms with van der Waals surface area (Å²) < 4.78 is 0. The van der Waals surface area contributed by atoms with Crippen molar-refractivity contribution in [1.29, 1.82) is 0 Å². The summed E-state index contributed by atoms with van der Waals surface area (Å²) in [7, 11) is 0. The summed E-state index contributed by atoms with van der Waals surface area (Å²) in [6.07, 6.45) is 1.19. The van der Waals surface area contributed by atoms with Gasteiger partial charge in [0.05, 0.1) is 0 Å². The second kappa shape index (κ2) is 2.89. The summed E-state index contributed by atoms with van der Waals surface area (Å²) in [5.41, 5.74) is 6.04. The maximum absolute atomic E-state index is 5.67.